The number of aryl methyl sites for hydroxylation is 2. The van der Waals surface area contributed by atoms with Gasteiger partial charge in [0.25, 0.3) is 10.0 Å². The lowest BCUT2D eigenvalue weighted by molar-refractivity contribution is 0.567. The SMILES string of the molecule is CCCn1cc(S(=O)(=O)NC(CC)C(=N)N)nc1C. The van der Waals surface area contributed by atoms with Gasteiger partial charge >= 0.3 is 0 Å². The van der Waals surface area contributed by atoms with Crippen LogP contribution >= 0.6 is 0 Å². The highest BCUT2D eigenvalue weighted by Crippen LogP contribution is 2.10. The van der Waals surface area contributed by atoms with E-state index in [1.54, 1.807) is 18.4 Å². The molecule has 0 saturated carbocycles. The first kappa shape index (κ1) is 15.6. The van der Waals surface area contributed by atoms with Crippen molar-refractivity contribution in [1.82, 2.24) is 14.3 Å². The molecule has 19 heavy (non-hydrogen) atoms. The Bertz CT molecular complexity index is 549. The highest BCUT2D eigenvalue weighted by molar-refractivity contribution is 7.89. The van der Waals surface area contributed by atoms with Gasteiger partial charge in [0.2, 0.25) is 0 Å². The van der Waals surface area contributed by atoms with Crippen molar-refractivity contribution < 1.29 is 8.42 Å². The standard InChI is InChI=1S/C11H21N5O2S/c1-4-6-16-7-10(14-8(16)3)19(17,18)15-9(5-2)11(12)13/h7,9,15H,4-6H2,1-3H3,(H3,12,13). The number of imidazole rings is 1. The van der Waals surface area contributed by atoms with Gasteiger partial charge in [-0.1, -0.05) is 13.8 Å². The molecule has 0 amide bonds. The summed E-state index contributed by atoms with van der Waals surface area (Å²) in [7, 11) is -3.74. The molecule has 0 aromatic carbocycles. The molecule has 1 atom stereocenters. The molecule has 8 heteroatoms. The molecule has 1 heterocycles. The highest BCUT2D eigenvalue weighted by Gasteiger charge is 2.23. The smallest absolute Gasteiger partial charge is 0.260 e. The Morgan fingerprint density at radius 1 is 1.58 bits per heavy atom. The first-order chi connectivity index (χ1) is 8.81. The molecule has 0 aliphatic rings. The van der Waals surface area contributed by atoms with E-state index >= 15 is 0 Å². The second-order valence-corrected chi connectivity index (χ2v) is 6.02. The molecule has 0 fully saturated rings. The van der Waals surface area contributed by atoms with Crippen LogP contribution in [-0.2, 0) is 16.6 Å². The van der Waals surface area contributed by atoms with Crippen LogP contribution in [-0.4, -0.2) is 29.8 Å². The average Bonchev–Trinajstić information content (AvgIpc) is 2.69. The van der Waals surface area contributed by atoms with E-state index in [9.17, 15) is 8.42 Å². The third-order valence-corrected chi connectivity index (χ3v) is 4.12. The van der Waals surface area contributed by atoms with Gasteiger partial charge < -0.3 is 10.3 Å². The van der Waals surface area contributed by atoms with Crippen LogP contribution in [0.3, 0.4) is 0 Å². The zero-order valence-corrected chi connectivity index (χ0v) is 12.3. The fourth-order valence-corrected chi connectivity index (χ4v) is 3.00. The molecule has 1 rings (SSSR count). The number of nitrogens with one attached hydrogen (secondary N) is 2. The molecule has 108 valence electrons. The van der Waals surface area contributed by atoms with Crippen LogP contribution in [0.2, 0.25) is 0 Å². The van der Waals surface area contributed by atoms with Crippen LogP contribution in [0, 0.1) is 12.3 Å². The number of rotatable bonds is 7. The first-order valence-electron chi connectivity index (χ1n) is 6.21. The fourth-order valence-electron chi connectivity index (χ4n) is 1.69. The van der Waals surface area contributed by atoms with Gasteiger partial charge in [-0.15, -0.1) is 0 Å². The monoisotopic (exact) mass is 287 g/mol. The third-order valence-electron chi connectivity index (χ3n) is 2.77. The second kappa shape index (κ2) is 6.16. The molecule has 1 unspecified atom stereocenters. The van der Waals surface area contributed by atoms with Gasteiger partial charge in [-0.2, -0.15) is 4.72 Å². The maximum Gasteiger partial charge on any atom is 0.260 e. The van der Waals surface area contributed by atoms with Crippen molar-refractivity contribution >= 4 is 15.9 Å². The molecule has 4 N–H and O–H groups in total. The summed E-state index contributed by atoms with van der Waals surface area (Å²) in [5.74, 6) is 0.453. The summed E-state index contributed by atoms with van der Waals surface area (Å²) < 4.78 is 28.5. The summed E-state index contributed by atoms with van der Waals surface area (Å²) in [4.78, 5) is 4.05. The van der Waals surface area contributed by atoms with E-state index in [0.717, 1.165) is 13.0 Å². The predicted molar refractivity (Wildman–Crippen MR) is 73.6 cm³/mol. The molecule has 0 spiro atoms. The summed E-state index contributed by atoms with van der Waals surface area (Å²) in [5.41, 5.74) is 5.35. The lowest BCUT2D eigenvalue weighted by atomic mass is 10.2. The van der Waals surface area contributed by atoms with E-state index in [4.69, 9.17) is 11.1 Å². The van der Waals surface area contributed by atoms with Gasteiger partial charge in [-0.3, -0.25) is 5.41 Å². The van der Waals surface area contributed by atoms with Crippen LogP contribution in [0.4, 0.5) is 0 Å². The van der Waals surface area contributed by atoms with Crippen molar-refractivity contribution in [3.05, 3.63) is 12.0 Å². The van der Waals surface area contributed by atoms with E-state index in [-0.39, 0.29) is 10.9 Å². The molecular formula is C11H21N5O2S. The topological polar surface area (TPSA) is 114 Å². The zero-order chi connectivity index (χ0) is 14.6. The van der Waals surface area contributed by atoms with E-state index in [1.165, 1.54) is 6.20 Å². The lowest BCUT2D eigenvalue weighted by Gasteiger charge is -2.14. The quantitative estimate of drug-likeness (QED) is 0.503. The van der Waals surface area contributed by atoms with Crippen LogP contribution in [0.1, 0.15) is 32.5 Å². The summed E-state index contributed by atoms with van der Waals surface area (Å²) >= 11 is 0. The molecule has 1 aromatic rings. The minimum absolute atomic E-state index is 0.0295. The third kappa shape index (κ3) is 3.77. The minimum atomic E-state index is -3.74. The maximum atomic E-state index is 12.1. The Kier molecular flexibility index (Phi) is 5.07. The summed E-state index contributed by atoms with van der Waals surface area (Å²) in [5, 5.41) is 7.30. The van der Waals surface area contributed by atoms with Gasteiger partial charge in [-0.05, 0) is 19.8 Å². The predicted octanol–water partition coefficient (Wildman–Crippen LogP) is 0.594. The van der Waals surface area contributed by atoms with Gasteiger partial charge in [0.1, 0.15) is 11.7 Å². The summed E-state index contributed by atoms with van der Waals surface area (Å²) in [6.45, 7) is 6.25. The van der Waals surface area contributed by atoms with Crippen LogP contribution in [0.25, 0.3) is 0 Å². The second-order valence-electron chi connectivity index (χ2n) is 4.36. The van der Waals surface area contributed by atoms with Crippen molar-refractivity contribution in [2.24, 2.45) is 5.73 Å². The van der Waals surface area contributed by atoms with E-state index < -0.39 is 16.1 Å². The Morgan fingerprint density at radius 2 is 2.21 bits per heavy atom. The van der Waals surface area contributed by atoms with Crippen LogP contribution in [0.15, 0.2) is 11.2 Å². The normalized spacial score (nSPS) is 13.4. The van der Waals surface area contributed by atoms with Crippen molar-refractivity contribution in [3.63, 3.8) is 0 Å². The average molecular weight is 287 g/mol. The van der Waals surface area contributed by atoms with Crippen molar-refractivity contribution in [2.75, 3.05) is 0 Å². The number of hydrogen-bond acceptors (Lipinski definition) is 4. The van der Waals surface area contributed by atoms with Crippen LogP contribution in [0.5, 0.6) is 0 Å². The Morgan fingerprint density at radius 3 is 2.68 bits per heavy atom. The summed E-state index contributed by atoms with van der Waals surface area (Å²) in [6, 6.07) is -0.693. The molecule has 7 nitrogen and oxygen atoms in total. The largest absolute Gasteiger partial charge is 0.386 e. The highest BCUT2D eigenvalue weighted by atomic mass is 32.2. The molecule has 0 bridgehead atoms. The first-order valence-corrected chi connectivity index (χ1v) is 7.70. The van der Waals surface area contributed by atoms with Crippen molar-refractivity contribution in [3.8, 4) is 0 Å². The van der Waals surface area contributed by atoms with E-state index in [2.05, 4.69) is 9.71 Å². The Labute approximate surface area is 113 Å². The van der Waals surface area contributed by atoms with E-state index in [1.807, 2.05) is 6.92 Å². The summed E-state index contributed by atoms with van der Waals surface area (Å²) in [6.07, 6.45) is 2.83. The van der Waals surface area contributed by atoms with Crippen molar-refractivity contribution in [2.45, 2.75) is 51.2 Å². The van der Waals surface area contributed by atoms with E-state index in [0.29, 0.717) is 12.2 Å². The van der Waals surface area contributed by atoms with Gasteiger partial charge in [0, 0.05) is 12.7 Å². The lowest BCUT2D eigenvalue weighted by Crippen LogP contribution is -2.43. The minimum Gasteiger partial charge on any atom is -0.386 e. The number of hydrogen-bond donors (Lipinski definition) is 3. The number of aromatic nitrogens is 2. The fraction of sp³-hybridized carbons (Fsp3) is 0.636. The Hall–Kier alpha value is -1.41. The van der Waals surface area contributed by atoms with Gasteiger partial charge in [0.15, 0.2) is 5.03 Å². The number of amidine groups is 1. The zero-order valence-electron chi connectivity index (χ0n) is 11.5. The molecule has 0 aliphatic heterocycles. The van der Waals surface area contributed by atoms with Gasteiger partial charge in [0.05, 0.1) is 6.04 Å². The number of nitrogens with zero attached hydrogens (tertiary/aromatic N) is 2. The maximum absolute atomic E-state index is 12.1. The van der Waals surface area contributed by atoms with Crippen molar-refractivity contribution in [1.29, 1.82) is 5.41 Å². The Balaban J connectivity index is 3.00. The molecule has 0 radical (unpaired) electrons. The molecule has 1 aromatic heterocycles. The number of nitrogens with two attached hydrogens (primary N) is 1. The van der Waals surface area contributed by atoms with Gasteiger partial charge in [-0.25, -0.2) is 13.4 Å². The molecule has 0 aliphatic carbocycles. The molecule has 0 saturated heterocycles. The van der Waals surface area contributed by atoms with Crippen LogP contribution < -0.4 is 10.5 Å². The molecular weight excluding hydrogens is 266 g/mol. The number of sulfonamides is 1.